The van der Waals surface area contributed by atoms with Crippen LogP contribution in [-0.2, 0) is 16.4 Å². The molecule has 2 rings (SSSR count). The Morgan fingerprint density at radius 2 is 1.65 bits per heavy atom. The highest BCUT2D eigenvalue weighted by molar-refractivity contribution is 7.89. The fourth-order valence-electron chi connectivity index (χ4n) is 2.31. The maximum atomic E-state index is 12.3. The molecule has 0 saturated heterocycles. The molecule has 1 atom stereocenters. The lowest BCUT2D eigenvalue weighted by molar-refractivity contribution is 0.581. The number of hydrogen-bond donors (Lipinski definition) is 2. The number of anilines is 1. The molecule has 0 bridgehead atoms. The number of rotatable bonds is 7. The lowest BCUT2D eigenvalue weighted by Gasteiger charge is -2.11. The van der Waals surface area contributed by atoms with Crippen LogP contribution >= 0.6 is 0 Å². The molecule has 5 heteroatoms. The number of nitrogen functional groups attached to an aromatic ring is 1. The second-order valence-corrected chi connectivity index (χ2v) is 7.53. The summed E-state index contributed by atoms with van der Waals surface area (Å²) in [5, 5.41) is 0. The quantitative estimate of drug-likeness (QED) is 0.764. The third kappa shape index (κ3) is 4.81. The van der Waals surface area contributed by atoms with Crippen molar-refractivity contribution in [1.82, 2.24) is 4.72 Å². The molecule has 0 aromatic heterocycles. The van der Waals surface area contributed by atoms with Crippen molar-refractivity contribution in [3.8, 4) is 0 Å². The standard InChI is InChI=1S/C18H24N2O2S/c1-3-14(2)16-6-10-18(11-7-16)23(21,22)20-13-12-15-4-8-17(19)9-5-15/h4-11,14,20H,3,12-13,19H2,1-2H3. The van der Waals surface area contributed by atoms with Gasteiger partial charge in [0.2, 0.25) is 10.0 Å². The molecule has 2 aromatic rings. The van der Waals surface area contributed by atoms with E-state index in [1.165, 1.54) is 0 Å². The molecule has 0 spiro atoms. The number of hydrogen-bond acceptors (Lipinski definition) is 3. The Morgan fingerprint density at radius 3 is 2.22 bits per heavy atom. The molecule has 23 heavy (non-hydrogen) atoms. The van der Waals surface area contributed by atoms with Crippen LogP contribution in [0, 0.1) is 0 Å². The molecule has 0 heterocycles. The molecule has 0 saturated carbocycles. The summed E-state index contributed by atoms with van der Waals surface area (Å²) in [6, 6.07) is 14.6. The predicted molar refractivity (Wildman–Crippen MR) is 94.9 cm³/mol. The first kappa shape index (κ1) is 17.5. The first-order valence-corrected chi connectivity index (χ1v) is 9.34. The van der Waals surface area contributed by atoms with Crippen molar-refractivity contribution in [2.45, 2.75) is 37.5 Å². The lowest BCUT2D eigenvalue weighted by Crippen LogP contribution is -2.26. The van der Waals surface area contributed by atoms with Gasteiger partial charge in [-0.25, -0.2) is 13.1 Å². The Hall–Kier alpha value is -1.85. The van der Waals surface area contributed by atoms with Crippen LogP contribution in [-0.4, -0.2) is 15.0 Å². The van der Waals surface area contributed by atoms with Crippen LogP contribution in [0.1, 0.15) is 37.3 Å². The van der Waals surface area contributed by atoms with Crippen molar-refractivity contribution in [2.24, 2.45) is 0 Å². The number of nitrogens with one attached hydrogen (secondary N) is 1. The fourth-order valence-corrected chi connectivity index (χ4v) is 3.34. The fraction of sp³-hybridized carbons (Fsp3) is 0.333. The Bertz CT molecular complexity index is 723. The molecule has 2 aromatic carbocycles. The van der Waals surface area contributed by atoms with Gasteiger partial charge in [-0.15, -0.1) is 0 Å². The van der Waals surface area contributed by atoms with E-state index in [4.69, 9.17) is 5.73 Å². The van der Waals surface area contributed by atoms with E-state index >= 15 is 0 Å². The smallest absolute Gasteiger partial charge is 0.240 e. The number of sulfonamides is 1. The molecule has 0 aliphatic heterocycles. The van der Waals surface area contributed by atoms with Crippen molar-refractivity contribution in [3.63, 3.8) is 0 Å². The molecule has 4 nitrogen and oxygen atoms in total. The summed E-state index contributed by atoms with van der Waals surface area (Å²) in [4.78, 5) is 0.307. The second-order valence-electron chi connectivity index (χ2n) is 5.77. The van der Waals surface area contributed by atoms with Crippen LogP contribution in [0.2, 0.25) is 0 Å². The van der Waals surface area contributed by atoms with Gasteiger partial charge in [-0.1, -0.05) is 38.1 Å². The summed E-state index contributed by atoms with van der Waals surface area (Å²) in [5.41, 5.74) is 8.55. The minimum absolute atomic E-state index is 0.307. The first-order chi connectivity index (χ1) is 10.9. The van der Waals surface area contributed by atoms with Gasteiger partial charge in [-0.3, -0.25) is 0 Å². The zero-order valence-electron chi connectivity index (χ0n) is 13.6. The van der Waals surface area contributed by atoms with E-state index in [1.54, 1.807) is 12.1 Å². The van der Waals surface area contributed by atoms with Crippen molar-refractivity contribution in [1.29, 1.82) is 0 Å². The summed E-state index contributed by atoms with van der Waals surface area (Å²) < 4.78 is 27.2. The Kier molecular flexibility index (Phi) is 5.80. The molecule has 0 aliphatic carbocycles. The van der Waals surface area contributed by atoms with Crippen LogP contribution < -0.4 is 10.5 Å². The second kappa shape index (κ2) is 7.62. The maximum Gasteiger partial charge on any atom is 0.240 e. The Labute approximate surface area is 138 Å². The van der Waals surface area contributed by atoms with Gasteiger partial charge in [-0.2, -0.15) is 0 Å². The van der Waals surface area contributed by atoms with Gasteiger partial charge in [0.15, 0.2) is 0 Å². The monoisotopic (exact) mass is 332 g/mol. The molecule has 0 aliphatic rings. The van der Waals surface area contributed by atoms with Crippen LogP contribution in [0.5, 0.6) is 0 Å². The molecule has 124 valence electrons. The highest BCUT2D eigenvalue weighted by atomic mass is 32.2. The number of nitrogens with two attached hydrogens (primary N) is 1. The Morgan fingerprint density at radius 1 is 1.04 bits per heavy atom. The van der Waals surface area contributed by atoms with E-state index < -0.39 is 10.0 Å². The largest absolute Gasteiger partial charge is 0.399 e. The van der Waals surface area contributed by atoms with Crippen molar-refractivity contribution < 1.29 is 8.42 Å². The van der Waals surface area contributed by atoms with Crippen molar-refractivity contribution in [3.05, 3.63) is 59.7 Å². The Balaban J connectivity index is 1.97. The van der Waals surface area contributed by atoms with Gasteiger partial charge in [0.1, 0.15) is 0 Å². The van der Waals surface area contributed by atoms with Crippen LogP contribution in [0.3, 0.4) is 0 Å². The average Bonchev–Trinajstić information content (AvgIpc) is 2.56. The summed E-state index contributed by atoms with van der Waals surface area (Å²) in [7, 11) is -3.46. The van der Waals surface area contributed by atoms with Gasteiger partial charge < -0.3 is 5.73 Å². The molecule has 3 N–H and O–H groups in total. The van der Waals surface area contributed by atoms with Crippen LogP contribution in [0.15, 0.2) is 53.4 Å². The van der Waals surface area contributed by atoms with E-state index in [1.807, 2.05) is 36.4 Å². The molecular formula is C18H24N2O2S. The molecule has 0 radical (unpaired) electrons. The molecular weight excluding hydrogens is 308 g/mol. The van der Waals surface area contributed by atoms with Gasteiger partial charge in [0, 0.05) is 12.2 Å². The average molecular weight is 332 g/mol. The third-order valence-electron chi connectivity index (χ3n) is 4.06. The summed E-state index contributed by atoms with van der Waals surface area (Å²) in [6.45, 7) is 4.61. The lowest BCUT2D eigenvalue weighted by atomic mass is 9.99. The molecule has 0 amide bonds. The predicted octanol–water partition coefficient (Wildman–Crippen LogP) is 3.30. The van der Waals surface area contributed by atoms with E-state index in [0.29, 0.717) is 29.5 Å². The van der Waals surface area contributed by atoms with Crippen molar-refractivity contribution >= 4 is 15.7 Å². The summed E-state index contributed by atoms with van der Waals surface area (Å²) in [6.07, 6.45) is 1.66. The molecule has 1 unspecified atom stereocenters. The molecule has 0 fully saturated rings. The van der Waals surface area contributed by atoms with Crippen LogP contribution in [0.4, 0.5) is 5.69 Å². The number of benzene rings is 2. The third-order valence-corrected chi connectivity index (χ3v) is 5.53. The van der Waals surface area contributed by atoms with Gasteiger partial charge in [-0.05, 0) is 54.2 Å². The van der Waals surface area contributed by atoms with Gasteiger partial charge >= 0.3 is 0 Å². The van der Waals surface area contributed by atoms with E-state index in [-0.39, 0.29) is 0 Å². The zero-order valence-corrected chi connectivity index (χ0v) is 14.4. The highest BCUT2D eigenvalue weighted by Gasteiger charge is 2.14. The van der Waals surface area contributed by atoms with E-state index in [0.717, 1.165) is 17.5 Å². The topological polar surface area (TPSA) is 72.2 Å². The van der Waals surface area contributed by atoms with E-state index in [2.05, 4.69) is 18.6 Å². The highest BCUT2D eigenvalue weighted by Crippen LogP contribution is 2.20. The minimum Gasteiger partial charge on any atom is -0.399 e. The van der Waals surface area contributed by atoms with Gasteiger partial charge in [0.05, 0.1) is 4.90 Å². The summed E-state index contributed by atoms with van der Waals surface area (Å²) >= 11 is 0. The maximum absolute atomic E-state index is 12.3. The van der Waals surface area contributed by atoms with Crippen molar-refractivity contribution in [2.75, 3.05) is 12.3 Å². The van der Waals surface area contributed by atoms with Crippen LogP contribution in [0.25, 0.3) is 0 Å². The van der Waals surface area contributed by atoms with Gasteiger partial charge in [0.25, 0.3) is 0 Å². The summed E-state index contributed by atoms with van der Waals surface area (Å²) in [5.74, 6) is 0.435. The van der Waals surface area contributed by atoms with E-state index in [9.17, 15) is 8.42 Å². The minimum atomic E-state index is -3.46. The zero-order chi connectivity index (χ0) is 16.9. The first-order valence-electron chi connectivity index (χ1n) is 7.86. The normalized spacial score (nSPS) is 13.0. The SMILES string of the molecule is CCC(C)c1ccc(S(=O)(=O)NCCc2ccc(N)cc2)cc1.